The number of amides is 3. The second-order valence-electron chi connectivity index (χ2n) is 3.24. The molecule has 0 radical (unpaired) electrons. The quantitative estimate of drug-likeness (QED) is 0.457. The highest BCUT2D eigenvalue weighted by Crippen LogP contribution is 2.02. The van der Waals surface area contributed by atoms with Gasteiger partial charge in [0.2, 0.25) is 5.91 Å². The topological polar surface area (TPSA) is 124 Å². The lowest BCUT2D eigenvalue weighted by atomic mass is 10.3. The highest BCUT2D eigenvalue weighted by atomic mass is 16.4. The molecular weight excluding hydrogens is 232 g/mol. The van der Waals surface area contributed by atoms with Crippen LogP contribution in [0, 0.1) is 0 Å². The third-order valence-electron chi connectivity index (χ3n) is 2.02. The molecule has 0 spiro atoms. The Balaban J connectivity index is 2.53. The van der Waals surface area contributed by atoms with Crippen LogP contribution in [0.5, 0.6) is 0 Å². The predicted molar refractivity (Wildman–Crippen MR) is 52.5 cm³/mol. The zero-order valence-corrected chi connectivity index (χ0v) is 8.62. The smallest absolute Gasteiger partial charge is 0.328 e. The first-order valence-electron chi connectivity index (χ1n) is 4.62. The van der Waals surface area contributed by atoms with Crippen molar-refractivity contribution in [2.45, 2.75) is 6.04 Å². The van der Waals surface area contributed by atoms with Crippen LogP contribution < -0.4 is 5.32 Å². The van der Waals surface area contributed by atoms with Crippen LogP contribution in [-0.2, 0) is 19.2 Å². The molecule has 92 valence electrons. The van der Waals surface area contributed by atoms with Gasteiger partial charge in [-0.15, -0.1) is 0 Å². The molecule has 0 bridgehead atoms. The lowest BCUT2D eigenvalue weighted by Gasteiger charge is -2.16. The predicted octanol–water partition coefficient (Wildman–Crippen LogP) is -2.53. The summed E-state index contributed by atoms with van der Waals surface area (Å²) in [5.74, 6) is -3.52. The number of aliphatic hydroxyl groups excluding tert-OH is 1. The van der Waals surface area contributed by atoms with E-state index in [1.54, 1.807) is 0 Å². The summed E-state index contributed by atoms with van der Waals surface area (Å²) in [5, 5.41) is 19.2. The summed E-state index contributed by atoms with van der Waals surface area (Å²) in [6, 6.07) is -1.46. The lowest BCUT2D eigenvalue weighted by Crippen LogP contribution is -2.48. The zero-order chi connectivity index (χ0) is 13.0. The number of carbonyl (C=O) groups is 4. The monoisotopic (exact) mass is 242 g/mol. The van der Waals surface area contributed by atoms with Gasteiger partial charge in [0, 0.05) is 12.2 Å². The first-order valence-corrected chi connectivity index (χ1v) is 4.62. The Labute approximate surface area is 95.5 Å². The highest BCUT2D eigenvalue weighted by molar-refractivity contribution is 6.14. The summed E-state index contributed by atoms with van der Waals surface area (Å²) >= 11 is 0. The minimum atomic E-state index is -1.46. The van der Waals surface area contributed by atoms with Gasteiger partial charge in [0.25, 0.3) is 11.8 Å². The lowest BCUT2D eigenvalue weighted by molar-refractivity contribution is -0.144. The third kappa shape index (κ3) is 3.11. The molecule has 1 atom stereocenters. The summed E-state index contributed by atoms with van der Waals surface area (Å²) in [5.41, 5.74) is 0. The Bertz CT molecular complexity index is 384. The fourth-order valence-electron chi connectivity index (χ4n) is 1.16. The summed E-state index contributed by atoms with van der Waals surface area (Å²) in [7, 11) is 0. The van der Waals surface area contributed by atoms with Crippen LogP contribution >= 0.6 is 0 Å². The van der Waals surface area contributed by atoms with Crippen LogP contribution in [0.4, 0.5) is 0 Å². The van der Waals surface area contributed by atoms with E-state index in [1.807, 2.05) is 5.32 Å². The van der Waals surface area contributed by atoms with E-state index in [0.717, 1.165) is 12.2 Å². The number of imide groups is 1. The molecule has 1 heterocycles. The van der Waals surface area contributed by atoms with Crippen LogP contribution in [0.1, 0.15) is 0 Å². The van der Waals surface area contributed by atoms with Gasteiger partial charge in [-0.25, -0.2) is 4.79 Å². The van der Waals surface area contributed by atoms with Crippen molar-refractivity contribution in [3.63, 3.8) is 0 Å². The summed E-state index contributed by atoms with van der Waals surface area (Å²) in [6.45, 7) is -1.35. The van der Waals surface area contributed by atoms with Crippen LogP contribution in [0.25, 0.3) is 0 Å². The molecule has 1 aliphatic heterocycles. The van der Waals surface area contributed by atoms with E-state index in [-0.39, 0.29) is 0 Å². The number of aliphatic hydroxyl groups is 1. The average Bonchev–Trinajstić information content (AvgIpc) is 2.57. The highest BCUT2D eigenvalue weighted by Gasteiger charge is 2.27. The van der Waals surface area contributed by atoms with E-state index in [1.165, 1.54) is 0 Å². The number of nitrogens with zero attached hydrogens (tertiary/aromatic N) is 1. The molecule has 3 N–H and O–H groups in total. The fraction of sp³-hybridized carbons (Fsp3) is 0.333. The third-order valence-corrected chi connectivity index (χ3v) is 2.02. The van der Waals surface area contributed by atoms with E-state index in [2.05, 4.69) is 0 Å². The molecule has 0 saturated heterocycles. The van der Waals surface area contributed by atoms with E-state index in [4.69, 9.17) is 10.2 Å². The SMILES string of the molecule is O=C(CN1C(=O)C=CC1=O)NC(CO)C(=O)O. The molecule has 3 amide bonds. The largest absolute Gasteiger partial charge is 0.480 e. The van der Waals surface area contributed by atoms with Crippen LogP contribution in [0.3, 0.4) is 0 Å². The number of carboxylic acids is 1. The molecule has 1 aliphatic rings. The van der Waals surface area contributed by atoms with Gasteiger partial charge < -0.3 is 15.5 Å². The molecular formula is C9H10N2O6. The number of aliphatic carboxylic acids is 1. The Morgan fingerprint density at radius 1 is 1.29 bits per heavy atom. The van der Waals surface area contributed by atoms with Gasteiger partial charge in [0.15, 0.2) is 0 Å². The minimum absolute atomic E-state index is 0.575. The molecule has 17 heavy (non-hydrogen) atoms. The van der Waals surface area contributed by atoms with Crippen LogP contribution in [0.2, 0.25) is 0 Å². The fourth-order valence-corrected chi connectivity index (χ4v) is 1.16. The Morgan fingerprint density at radius 2 is 1.82 bits per heavy atom. The second kappa shape index (κ2) is 5.21. The van der Waals surface area contributed by atoms with Gasteiger partial charge in [0.1, 0.15) is 12.6 Å². The van der Waals surface area contributed by atoms with E-state index < -0.39 is 42.9 Å². The van der Waals surface area contributed by atoms with E-state index in [9.17, 15) is 19.2 Å². The van der Waals surface area contributed by atoms with E-state index in [0.29, 0.717) is 4.90 Å². The van der Waals surface area contributed by atoms with Gasteiger partial charge >= 0.3 is 5.97 Å². The molecule has 1 unspecified atom stereocenters. The molecule has 0 aromatic heterocycles. The first-order chi connectivity index (χ1) is 7.95. The first kappa shape index (κ1) is 12.8. The number of carboxylic acid groups (broad SMARTS) is 1. The van der Waals surface area contributed by atoms with Gasteiger partial charge in [-0.05, 0) is 0 Å². The average molecular weight is 242 g/mol. The van der Waals surface area contributed by atoms with Crippen molar-refractivity contribution >= 4 is 23.7 Å². The number of rotatable bonds is 5. The van der Waals surface area contributed by atoms with Crippen molar-refractivity contribution in [1.82, 2.24) is 10.2 Å². The van der Waals surface area contributed by atoms with Crippen molar-refractivity contribution in [3.8, 4) is 0 Å². The van der Waals surface area contributed by atoms with Crippen LogP contribution in [-0.4, -0.2) is 58.0 Å². The summed E-state index contributed by atoms with van der Waals surface area (Å²) < 4.78 is 0. The minimum Gasteiger partial charge on any atom is -0.480 e. The number of carbonyl (C=O) groups excluding carboxylic acids is 3. The summed E-state index contributed by atoms with van der Waals surface area (Å²) in [6.07, 6.45) is 2.02. The van der Waals surface area contributed by atoms with Gasteiger partial charge in [0.05, 0.1) is 6.61 Å². The maximum absolute atomic E-state index is 11.3. The molecule has 8 heteroatoms. The summed E-state index contributed by atoms with van der Waals surface area (Å²) in [4.78, 5) is 44.6. The molecule has 0 aromatic carbocycles. The van der Waals surface area contributed by atoms with Gasteiger partial charge in [-0.3, -0.25) is 19.3 Å². The maximum atomic E-state index is 11.3. The van der Waals surface area contributed by atoms with Crippen molar-refractivity contribution in [1.29, 1.82) is 0 Å². The normalized spacial score (nSPS) is 16.2. The van der Waals surface area contributed by atoms with Gasteiger partial charge in [-0.2, -0.15) is 0 Å². The molecule has 1 rings (SSSR count). The van der Waals surface area contributed by atoms with E-state index >= 15 is 0 Å². The Kier molecular flexibility index (Phi) is 3.94. The number of hydrogen-bond acceptors (Lipinski definition) is 5. The van der Waals surface area contributed by atoms with Crippen molar-refractivity contribution < 1.29 is 29.4 Å². The van der Waals surface area contributed by atoms with Crippen molar-refractivity contribution in [3.05, 3.63) is 12.2 Å². The standard InChI is InChI=1S/C9H10N2O6/c12-4-5(9(16)17)10-6(13)3-11-7(14)1-2-8(11)15/h1-2,5,12H,3-4H2,(H,10,13)(H,16,17). The Hall–Kier alpha value is -2.22. The van der Waals surface area contributed by atoms with Crippen molar-refractivity contribution in [2.24, 2.45) is 0 Å². The molecule has 0 aliphatic carbocycles. The van der Waals surface area contributed by atoms with Crippen molar-refractivity contribution in [2.75, 3.05) is 13.2 Å². The zero-order valence-electron chi connectivity index (χ0n) is 8.62. The number of nitrogens with one attached hydrogen (secondary N) is 1. The second-order valence-corrected chi connectivity index (χ2v) is 3.24. The molecule has 0 saturated carbocycles. The Morgan fingerprint density at radius 3 is 2.24 bits per heavy atom. The van der Waals surface area contributed by atoms with Crippen LogP contribution in [0.15, 0.2) is 12.2 Å². The number of hydrogen-bond donors (Lipinski definition) is 3. The molecule has 0 aromatic rings. The molecule has 8 nitrogen and oxygen atoms in total. The molecule has 0 fully saturated rings. The maximum Gasteiger partial charge on any atom is 0.328 e. The van der Waals surface area contributed by atoms with Gasteiger partial charge in [-0.1, -0.05) is 0 Å².